The molecule has 3 rings (SSSR count). The molecule has 2 aromatic carbocycles. The zero-order valence-corrected chi connectivity index (χ0v) is 14.8. The lowest BCUT2D eigenvalue weighted by molar-refractivity contribution is -0.134. The van der Waals surface area contributed by atoms with E-state index in [0.29, 0.717) is 21.5 Å². The topological polar surface area (TPSA) is 46.6 Å². The van der Waals surface area contributed by atoms with E-state index in [1.165, 1.54) is 17.8 Å². The fraction of sp³-hybridized carbons (Fsp3) is 0.176. The molecule has 0 N–H and O–H groups in total. The summed E-state index contributed by atoms with van der Waals surface area (Å²) in [7, 11) is 0. The molecular weight excluding hydrogens is 369 g/mol. The Hall–Kier alpha value is -1.69. The van der Waals surface area contributed by atoms with Crippen LogP contribution in [0.1, 0.15) is 6.42 Å². The van der Waals surface area contributed by atoms with Crippen LogP contribution in [0.25, 0.3) is 0 Å². The van der Waals surface area contributed by atoms with Gasteiger partial charge in [-0.3, -0.25) is 9.59 Å². The van der Waals surface area contributed by atoms with Crippen molar-refractivity contribution in [2.75, 3.05) is 17.2 Å². The maximum absolute atomic E-state index is 12.1. The monoisotopic (exact) mass is 381 g/mol. The highest BCUT2D eigenvalue weighted by Crippen LogP contribution is 2.35. The number of halogens is 2. The Morgan fingerprint density at radius 2 is 1.96 bits per heavy atom. The number of para-hydroxylation sites is 1. The summed E-state index contributed by atoms with van der Waals surface area (Å²) in [4.78, 5) is 26.8. The van der Waals surface area contributed by atoms with Crippen molar-refractivity contribution in [2.24, 2.45) is 0 Å². The summed E-state index contributed by atoms with van der Waals surface area (Å²) in [6.07, 6.45) is 0.0883. The summed E-state index contributed by atoms with van der Waals surface area (Å²) in [6, 6.07) is 12.3. The van der Waals surface area contributed by atoms with Crippen LogP contribution in [0.4, 0.5) is 5.69 Å². The standard InChI is InChI=1S/C17H13Cl2NO3S/c18-12-6-5-11(9-13(12)19)23-17(22)7-8-20-14-3-1-2-4-15(14)24-10-16(20)21/h1-6,9H,7-8,10H2. The van der Waals surface area contributed by atoms with Gasteiger partial charge in [0.15, 0.2) is 0 Å². The molecule has 0 aliphatic carbocycles. The minimum atomic E-state index is -0.433. The zero-order chi connectivity index (χ0) is 17.1. The van der Waals surface area contributed by atoms with E-state index in [1.54, 1.807) is 17.0 Å². The van der Waals surface area contributed by atoms with Gasteiger partial charge in [0.25, 0.3) is 0 Å². The molecule has 4 nitrogen and oxygen atoms in total. The first-order valence-electron chi connectivity index (χ1n) is 7.22. The van der Waals surface area contributed by atoms with Crippen LogP contribution in [0.2, 0.25) is 10.0 Å². The Kier molecular flexibility index (Phi) is 5.33. The zero-order valence-electron chi connectivity index (χ0n) is 12.5. The fourth-order valence-electron chi connectivity index (χ4n) is 2.33. The largest absolute Gasteiger partial charge is 0.426 e. The summed E-state index contributed by atoms with van der Waals surface area (Å²) in [5.41, 5.74) is 0.834. The third-order valence-corrected chi connectivity index (χ3v) is 5.26. The molecule has 7 heteroatoms. The number of benzene rings is 2. The van der Waals surface area contributed by atoms with Gasteiger partial charge in [-0.2, -0.15) is 0 Å². The van der Waals surface area contributed by atoms with E-state index in [4.69, 9.17) is 27.9 Å². The second kappa shape index (κ2) is 7.47. The van der Waals surface area contributed by atoms with Crippen LogP contribution in [-0.2, 0) is 9.59 Å². The summed E-state index contributed by atoms with van der Waals surface area (Å²) in [5.74, 6) is 0.257. The number of hydrogen-bond acceptors (Lipinski definition) is 4. The number of carbonyl (C=O) groups is 2. The van der Waals surface area contributed by atoms with Crippen molar-refractivity contribution >= 4 is 52.5 Å². The van der Waals surface area contributed by atoms with Gasteiger partial charge in [0, 0.05) is 17.5 Å². The van der Waals surface area contributed by atoms with Crippen molar-refractivity contribution in [2.45, 2.75) is 11.3 Å². The highest BCUT2D eigenvalue weighted by Gasteiger charge is 2.24. The lowest BCUT2D eigenvalue weighted by atomic mass is 10.2. The number of hydrogen-bond donors (Lipinski definition) is 0. The maximum atomic E-state index is 12.1. The first-order valence-corrected chi connectivity index (χ1v) is 8.96. The molecule has 0 unspecified atom stereocenters. The molecule has 1 aliphatic heterocycles. The molecule has 0 saturated carbocycles. The third-order valence-electron chi connectivity index (χ3n) is 3.47. The SMILES string of the molecule is O=C(CCN1C(=O)CSc2ccccc21)Oc1ccc(Cl)c(Cl)c1. The van der Waals surface area contributed by atoms with Crippen LogP contribution < -0.4 is 9.64 Å². The number of nitrogens with zero attached hydrogens (tertiary/aromatic N) is 1. The third kappa shape index (κ3) is 3.86. The number of esters is 1. The number of fused-ring (bicyclic) bond motifs is 1. The maximum Gasteiger partial charge on any atom is 0.312 e. The number of rotatable bonds is 4. The highest BCUT2D eigenvalue weighted by molar-refractivity contribution is 8.00. The Balaban J connectivity index is 1.64. The van der Waals surface area contributed by atoms with Crippen molar-refractivity contribution in [1.82, 2.24) is 0 Å². The number of carbonyl (C=O) groups excluding carboxylic acids is 2. The predicted octanol–water partition coefficient (Wildman–Crippen LogP) is 4.43. The van der Waals surface area contributed by atoms with Crippen molar-refractivity contribution in [3.63, 3.8) is 0 Å². The van der Waals surface area contributed by atoms with Crippen LogP contribution >= 0.6 is 35.0 Å². The van der Waals surface area contributed by atoms with Crippen LogP contribution in [0.15, 0.2) is 47.4 Å². The molecular formula is C17H13Cl2NO3S. The lowest BCUT2D eigenvalue weighted by Gasteiger charge is -2.28. The van der Waals surface area contributed by atoms with E-state index < -0.39 is 5.97 Å². The molecule has 0 aromatic heterocycles. The second-order valence-electron chi connectivity index (χ2n) is 5.10. The molecule has 124 valence electrons. The van der Waals surface area contributed by atoms with Crippen molar-refractivity contribution in [3.05, 3.63) is 52.5 Å². The summed E-state index contributed by atoms with van der Waals surface area (Å²) < 4.78 is 5.24. The molecule has 0 fully saturated rings. The quantitative estimate of drug-likeness (QED) is 0.580. The molecule has 0 saturated heterocycles. The molecule has 24 heavy (non-hydrogen) atoms. The van der Waals surface area contributed by atoms with E-state index in [1.807, 2.05) is 24.3 Å². The molecule has 1 amide bonds. The normalized spacial score (nSPS) is 13.6. The van der Waals surface area contributed by atoms with Gasteiger partial charge in [-0.1, -0.05) is 35.3 Å². The average Bonchev–Trinajstić information content (AvgIpc) is 2.57. The number of thioether (sulfide) groups is 1. The number of anilines is 1. The summed E-state index contributed by atoms with van der Waals surface area (Å²) in [5, 5.41) is 0.712. The molecule has 1 heterocycles. The smallest absolute Gasteiger partial charge is 0.312 e. The van der Waals surface area contributed by atoms with Crippen LogP contribution in [0, 0.1) is 0 Å². The fourth-order valence-corrected chi connectivity index (χ4v) is 3.55. The van der Waals surface area contributed by atoms with Crippen molar-refractivity contribution < 1.29 is 14.3 Å². The lowest BCUT2D eigenvalue weighted by Crippen LogP contribution is -2.37. The Bertz CT molecular complexity index is 797. The van der Waals surface area contributed by atoms with Crippen LogP contribution in [0.3, 0.4) is 0 Å². The van der Waals surface area contributed by atoms with Gasteiger partial charge in [0.1, 0.15) is 5.75 Å². The van der Waals surface area contributed by atoms with E-state index in [9.17, 15) is 9.59 Å². The number of amides is 1. The van der Waals surface area contributed by atoms with E-state index in [2.05, 4.69) is 0 Å². The van der Waals surface area contributed by atoms with Gasteiger partial charge in [-0.15, -0.1) is 11.8 Å². The van der Waals surface area contributed by atoms with E-state index >= 15 is 0 Å². The molecule has 0 radical (unpaired) electrons. The van der Waals surface area contributed by atoms with Gasteiger partial charge in [-0.05, 0) is 24.3 Å². The minimum absolute atomic E-state index is 0.0129. The molecule has 1 aliphatic rings. The van der Waals surface area contributed by atoms with Crippen LogP contribution in [-0.4, -0.2) is 24.2 Å². The van der Waals surface area contributed by atoms with E-state index in [0.717, 1.165) is 10.6 Å². The van der Waals surface area contributed by atoms with Gasteiger partial charge in [-0.25, -0.2) is 0 Å². The molecule has 0 bridgehead atoms. The van der Waals surface area contributed by atoms with Gasteiger partial charge < -0.3 is 9.64 Å². The van der Waals surface area contributed by atoms with Gasteiger partial charge >= 0.3 is 5.97 Å². The summed E-state index contributed by atoms with van der Waals surface area (Å²) in [6.45, 7) is 0.274. The van der Waals surface area contributed by atoms with Crippen molar-refractivity contribution in [1.29, 1.82) is 0 Å². The first-order chi connectivity index (χ1) is 11.5. The summed E-state index contributed by atoms with van der Waals surface area (Å²) >= 11 is 13.2. The van der Waals surface area contributed by atoms with Gasteiger partial charge in [0.05, 0.1) is 27.9 Å². The van der Waals surface area contributed by atoms with E-state index in [-0.39, 0.29) is 18.9 Å². The average molecular weight is 382 g/mol. The molecule has 2 aromatic rings. The predicted molar refractivity (Wildman–Crippen MR) is 96.2 cm³/mol. The number of ether oxygens (including phenoxy) is 1. The Morgan fingerprint density at radius 1 is 1.17 bits per heavy atom. The van der Waals surface area contributed by atoms with Crippen molar-refractivity contribution in [3.8, 4) is 5.75 Å². The highest BCUT2D eigenvalue weighted by atomic mass is 35.5. The molecule has 0 atom stereocenters. The van der Waals surface area contributed by atoms with Gasteiger partial charge in [0.2, 0.25) is 5.91 Å². The molecule has 0 spiro atoms. The Morgan fingerprint density at radius 3 is 2.75 bits per heavy atom. The first kappa shape index (κ1) is 17.1. The second-order valence-corrected chi connectivity index (χ2v) is 6.93. The van der Waals surface area contributed by atoms with Crippen LogP contribution in [0.5, 0.6) is 5.75 Å². The minimum Gasteiger partial charge on any atom is -0.426 e. The Labute approximate surface area is 153 Å².